The highest BCUT2D eigenvalue weighted by Crippen LogP contribution is 2.29. The molecule has 0 aliphatic rings. The average molecular weight is 640 g/mol. The predicted molar refractivity (Wildman–Crippen MR) is 185 cm³/mol. The van der Waals surface area contributed by atoms with Gasteiger partial charge >= 0.3 is 0 Å². The van der Waals surface area contributed by atoms with Gasteiger partial charge in [-0.1, -0.05) is 110 Å². The van der Waals surface area contributed by atoms with Gasteiger partial charge in [-0.15, -0.1) is 0 Å². The van der Waals surface area contributed by atoms with Crippen molar-refractivity contribution in [2.45, 2.75) is 77.4 Å². The molecule has 8 heteroatoms. The molecule has 2 atom stereocenters. The molecule has 4 aromatic carbocycles. The first kappa shape index (κ1) is 34.4. The Balaban J connectivity index is 1.83. The Labute approximate surface area is 274 Å². The molecule has 0 aromatic heterocycles. The molecule has 0 saturated carbocycles. The number of amides is 2. The molecular formula is C38H45N3O4S. The van der Waals surface area contributed by atoms with E-state index in [9.17, 15) is 18.0 Å². The lowest BCUT2D eigenvalue weighted by Crippen LogP contribution is -2.54. The van der Waals surface area contributed by atoms with E-state index in [2.05, 4.69) is 5.32 Å². The molecule has 242 valence electrons. The molecule has 0 spiro atoms. The minimum absolute atomic E-state index is 0.0947. The maximum atomic E-state index is 14.7. The zero-order chi connectivity index (χ0) is 33.3. The second-order valence-electron chi connectivity index (χ2n) is 11.8. The molecule has 0 fully saturated rings. The fourth-order valence-electron chi connectivity index (χ4n) is 5.29. The number of benzene rings is 4. The van der Waals surface area contributed by atoms with Crippen molar-refractivity contribution >= 4 is 27.5 Å². The van der Waals surface area contributed by atoms with Gasteiger partial charge in [0.15, 0.2) is 0 Å². The van der Waals surface area contributed by atoms with E-state index in [0.717, 1.165) is 34.2 Å². The number of carbonyl (C=O) groups is 2. The lowest BCUT2D eigenvalue weighted by atomic mass is 10.0. The molecule has 2 amide bonds. The van der Waals surface area contributed by atoms with Crippen LogP contribution in [0.25, 0.3) is 0 Å². The van der Waals surface area contributed by atoms with Crippen LogP contribution in [0.3, 0.4) is 0 Å². The summed E-state index contributed by atoms with van der Waals surface area (Å²) in [5, 5.41) is 3.08. The first-order valence-electron chi connectivity index (χ1n) is 15.9. The van der Waals surface area contributed by atoms with Crippen molar-refractivity contribution in [3.8, 4) is 0 Å². The first-order chi connectivity index (χ1) is 22.0. The molecule has 0 saturated heterocycles. The van der Waals surface area contributed by atoms with E-state index in [0.29, 0.717) is 12.1 Å². The number of nitrogens with one attached hydrogen (secondary N) is 1. The summed E-state index contributed by atoms with van der Waals surface area (Å²) in [7, 11) is -4.15. The van der Waals surface area contributed by atoms with Gasteiger partial charge in [0.2, 0.25) is 11.8 Å². The van der Waals surface area contributed by atoms with Gasteiger partial charge in [-0.25, -0.2) is 8.42 Å². The van der Waals surface area contributed by atoms with Crippen molar-refractivity contribution in [3.05, 3.63) is 131 Å². The van der Waals surface area contributed by atoms with Crippen molar-refractivity contribution in [1.29, 1.82) is 0 Å². The lowest BCUT2D eigenvalue weighted by molar-refractivity contribution is -0.140. The van der Waals surface area contributed by atoms with Crippen LogP contribution in [0.15, 0.2) is 108 Å². The molecule has 46 heavy (non-hydrogen) atoms. The lowest BCUT2D eigenvalue weighted by Gasteiger charge is -2.34. The topological polar surface area (TPSA) is 86.8 Å². The zero-order valence-electron chi connectivity index (χ0n) is 27.4. The maximum Gasteiger partial charge on any atom is 0.264 e. The van der Waals surface area contributed by atoms with Crippen LogP contribution in [0.1, 0.15) is 55.0 Å². The maximum absolute atomic E-state index is 14.7. The highest BCUT2D eigenvalue weighted by Gasteiger charge is 2.35. The number of rotatable bonds is 14. The SMILES string of the molecule is CCc1ccccc1N(CC(=O)N(Cc1ccc(C)cc1)[C@@H](Cc1ccccc1)C(=O)N[C@H](C)CC)S(=O)(=O)c1ccc(C)cc1. The van der Waals surface area contributed by atoms with Crippen molar-refractivity contribution in [3.63, 3.8) is 0 Å². The number of para-hydroxylation sites is 1. The van der Waals surface area contributed by atoms with Crippen LogP contribution in [0, 0.1) is 13.8 Å². The highest BCUT2D eigenvalue weighted by molar-refractivity contribution is 7.92. The standard InChI is InChI=1S/C38H45N3O4S/c1-6-30(5)39-38(43)36(25-31-13-9-8-10-14-31)40(26-32-21-17-28(3)18-22-32)37(42)27-41(35-16-12-11-15-33(35)7-2)46(44,45)34-23-19-29(4)20-24-34/h8-24,30,36H,6-7,25-27H2,1-5H3,(H,39,43)/t30-,36+/m1/s1. The van der Waals surface area contributed by atoms with Gasteiger partial charge in [-0.2, -0.15) is 0 Å². The minimum atomic E-state index is -4.15. The molecule has 0 bridgehead atoms. The average Bonchev–Trinajstić information content (AvgIpc) is 3.06. The molecule has 0 aliphatic carbocycles. The molecule has 0 radical (unpaired) electrons. The van der Waals surface area contributed by atoms with Crippen molar-refractivity contribution < 1.29 is 18.0 Å². The smallest absolute Gasteiger partial charge is 0.264 e. The quantitative estimate of drug-likeness (QED) is 0.168. The van der Waals surface area contributed by atoms with E-state index in [4.69, 9.17) is 0 Å². The molecule has 7 nitrogen and oxygen atoms in total. The largest absolute Gasteiger partial charge is 0.352 e. The first-order valence-corrected chi connectivity index (χ1v) is 17.3. The summed E-state index contributed by atoms with van der Waals surface area (Å²) in [4.78, 5) is 30.3. The van der Waals surface area contributed by atoms with E-state index < -0.39 is 28.5 Å². The summed E-state index contributed by atoms with van der Waals surface area (Å²) < 4.78 is 29.8. The van der Waals surface area contributed by atoms with Crippen LogP contribution >= 0.6 is 0 Å². The third kappa shape index (κ3) is 8.63. The molecule has 1 N–H and O–H groups in total. The summed E-state index contributed by atoms with van der Waals surface area (Å²) >= 11 is 0. The second-order valence-corrected chi connectivity index (χ2v) is 13.7. The Morgan fingerprint density at radius 1 is 0.761 bits per heavy atom. The van der Waals surface area contributed by atoms with Crippen LogP contribution in [0.5, 0.6) is 0 Å². The Morgan fingerprint density at radius 2 is 1.35 bits per heavy atom. The molecular weight excluding hydrogens is 595 g/mol. The van der Waals surface area contributed by atoms with Gasteiger partial charge < -0.3 is 10.2 Å². The van der Waals surface area contributed by atoms with Crippen LogP contribution in [0.4, 0.5) is 5.69 Å². The Kier molecular flexibility index (Phi) is 11.8. The number of aryl methyl sites for hydroxylation is 3. The van der Waals surface area contributed by atoms with Gasteiger partial charge in [0, 0.05) is 19.0 Å². The Morgan fingerprint density at radius 3 is 1.96 bits per heavy atom. The number of hydrogen-bond donors (Lipinski definition) is 1. The van der Waals surface area contributed by atoms with Gasteiger partial charge in [-0.3, -0.25) is 13.9 Å². The summed E-state index contributed by atoms with van der Waals surface area (Å²) in [5.74, 6) is -0.747. The molecule has 4 aromatic rings. The van der Waals surface area contributed by atoms with E-state index >= 15 is 0 Å². The number of carbonyl (C=O) groups excluding carboxylic acids is 2. The van der Waals surface area contributed by atoms with E-state index in [1.54, 1.807) is 41.3 Å². The van der Waals surface area contributed by atoms with E-state index in [1.165, 1.54) is 4.31 Å². The Hall–Kier alpha value is -4.43. The van der Waals surface area contributed by atoms with Crippen LogP contribution in [-0.2, 0) is 39.0 Å². The number of hydrogen-bond acceptors (Lipinski definition) is 4. The van der Waals surface area contributed by atoms with E-state index in [-0.39, 0.29) is 29.8 Å². The van der Waals surface area contributed by atoms with Crippen LogP contribution in [0.2, 0.25) is 0 Å². The zero-order valence-corrected chi connectivity index (χ0v) is 28.3. The fraction of sp³-hybridized carbons (Fsp3) is 0.316. The van der Waals surface area contributed by atoms with Crippen molar-refractivity contribution in [1.82, 2.24) is 10.2 Å². The minimum Gasteiger partial charge on any atom is -0.352 e. The molecule has 0 aliphatic heterocycles. The molecule has 0 heterocycles. The highest BCUT2D eigenvalue weighted by atomic mass is 32.2. The summed E-state index contributed by atoms with van der Waals surface area (Å²) in [6.45, 7) is 9.43. The van der Waals surface area contributed by atoms with Gasteiger partial charge in [-0.05, 0) is 68.5 Å². The second kappa shape index (κ2) is 15.7. The number of sulfonamides is 1. The summed E-state index contributed by atoms with van der Waals surface area (Å²) in [6, 6.07) is 30.3. The van der Waals surface area contributed by atoms with Crippen molar-refractivity contribution in [2.75, 3.05) is 10.8 Å². The Bertz CT molecular complexity index is 1710. The summed E-state index contributed by atoms with van der Waals surface area (Å²) in [5.41, 5.74) is 4.98. The fourth-order valence-corrected chi connectivity index (χ4v) is 6.74. The van der Waals surface area contributed by atoms with Gasteiger partial charge in [0.05, 0.1) is 10.6 Å². The third-order valence-corrected chi connectivity index (χ3v) is 10.0. The molecule has 4 rings (SSSR count). The van der Waals surface area contributed by atoms with Crippen LogP contribution in [-0.4, -0.2) is 43.8 Å². The predicted octanol–water partition coefficient (Wildman–Crippen LogP) is 6.62. The third-order valence-electron chi connectivity index (χ3n) is 8.27. The number of nitrogens with zero attached hydrogens (tertiary/aromatic N) is 2. The van der Waals surface area contributed by atoms with E-state index in [1.807, 2.05) is 101 Å². The summed E-state index contributed by atoms with van der Waals surface area (Å²) in [6.07, 6.45) is 1.58. The van der Waals surface area contributed by atoms with Crippen molar-refractivity contribution in [2.24, 2.45) is 0 Å². The monoisotopic (exact) mass is 639 g/mol. The van der Waals surface area contributed by atoms with Gasteiger partial charge in [0.1, 0.15) is 12.6 Å². The van der Waals surface area contributed by atoms with Crippen LogP contribution < -0.4 is 9.62 Å². The number of anilines is 1. The van der Waals surface area contributed by atoms with Gasteiger partial charge in [0.25, 0.3) is 10.0 Å². The normalized spacial score (nSPS) is 12.6. The molecule has 0 unspecified atom stereocenters.